The summed E-state index contributed by atoms with van der Waals surface area (Å²) in [6.45, 7) is 2.57. The molecule has 3 atom stereocenters. The third-order valence-electron chi connectivity index (χ3n) is 11.0. The van der Waals surface area contributed by atoms with Crippen molar-refractivity contribution in [3.63, 3.8) is 0 Å². The summed E-state index contributed by atoms with van der Waals surface area (Å²) in [7, 11) is -4.77. The fraction of sp³-hybridized carbons (Fsp3) is 0.755. The average molecular weight is 936 g/mol. The monoisotopic (exact) mass is 936 g/mol. The normalized spacial score (nSPS) is 14.0. The molecule has 0 aliphatic heterocycles. The van der Waals surface area contributed by atoms with Crippen LogP contribution in [0.4, 0.5) is 0 Å². The summed E-state index contributed by atoms with van der Waals surface area (Å²) < 4.78 is 26.9. The highest BCUT2D eigenvalue weighted by atomic mass is 31.2. The molecule has 1 amide bonds. The van der Waals surface area contributed by atoms with Gasteiger partial charge in [-0.25, -0.2) is 9.36 Å². The highest BCUT2D eigenvalue weighted by Crippen LogP contribution is 2.43. The van der Waals surface area contributed by atoms with E-state index in [1.807, 2.05) is 0 Å². The molecule has 0 aromatic rings. The molecule has 11 nitrogen and oxygen atoms in total. The molecule has 65 heavy (non-hydrogen) atoms. The van der Waals surface area contributed by atoms with Crippen molar-refractivity contribution in [1.82, 2.24) is 5.32 Å². The first-order valence-electron chi connectivity index (χ1n) is 25.8. The smallest absolute Gasteiger partial charge is 0.472 e. The number of ether oxygens (including phenoxy) is 1. The van der Waals surface area contributed by atoms with Crippen molar-refractivity contribution in [2.45, 2.75) is 238 Å². The summed E-state index contributed by atoms with van der Waals surface area (Å²) >= 11 is 0. The van der Waals surface area contributed by atoms with Gasteiger partial charge in [0.15, 0.2) is 6.04 Å². The molecule has 12 heteroatoms. The van der Waals surface area contributed by atoms with E-state index in [4.69, 9.17) is 13.8 Å². The van der Waals surface area contributed by atoms with Crippen LogP contribution in [0.5, 0.6) is 0 Å². The predicted octanol–water partition coefficient (Wildman–Crippen LogP) is 14.3. The molecule has 0 rings (SSSR count). The summed E-state index contributed by atoms with van der Waals surface area (Å²) in [5, 5.41) is 21.9. The quantitative estimate of drug-likeness (QED) is 0.0199. The summed E-state index contributed by atoms with van der Waals surface area (Å²) in [5.74, 6) is -2.39. The van der Waals surface area contributed by atoms with Gasteiger partial charge in [0.05, 0.1) is 13.2 Å². The second-order valence-electron chi connectivity index (χ2n) is 17.4. The molecule has 4 N–H and O–H groups in total. The number of esters is 1. The highest BCUT2D eigenvalue weighted by molar-refractivity contribution is 7.47. The molecule has 0 spiro atoms. The van der Waals surface area contributed by atoms with Crippen LogP contribution >= 0.6 is 7.82 Å². The maximum Gasteiger partial charge on any atom is 0.472 e. The van der Waals surface area contributed by atoms with Crippen molar-refractivity contribution in [3.8, 4) is 0 Å². The number of aliphatic hydroxyl groups is 1. The fourth-order valence-electron chi connectivity index (χ4n) is 7.00. The molecule has 0 heterocycles. The minimum Gasteiger partial charge on any atom is -0.480 e. The lowest BCUT2D eigenvalue weighted by atomic mass is 10.1. The number of hydrogen-bond acceptors (Lipinski definition) is 8. The van der Waals surface area contributed by atoms with E-state index in [1.165, 1.54) is 96.3 Å². The first-order valence-corrected chi connectivity index (χ1v) is 27.3. The zero-order chi connectivity index (χ0) is 47.7. The number of phosphoric ester groups is 1. The number of unbranched alkanes of at least 4 members (excludes halogenated alkanes) is 24. The maximum atomic E-state index is 12.4. The Morgan fingerprint density at radius 2 is 0.846 bits per heavy atom. The minimum atomic E-state index is -4.77. The van der Waals surface area contributed by atoms with E-state index < -0.39 is 57.6 Å². The Morgan fingerprint density at radius 1 is 0.492 bits per heavy atom. The molecule has 0 aliphatic carbocycles. The molecule has 0 aromatic heterocycles. The second kappa shape index (κ2) is 47.7. The Labute approximate surface area is 396 Å². The molecule has 0 bridgehead atoms. The van der Waals surface area contributed by atoms with Crippen LogP contribution in [0.25, 0.3) is 0 Å². The molecular formula is C53H94NO10P. The number of carbonyl (C=O) groups is 3. The van der Waals surface area contributed by atoms with Crippen molar-refractivity contribution in [2.75, 3.05) is 19.8 Å². The molecule has 0 fully saturated rings. The summed E-state index contributed by atoms with van der Waals surface area (Å²) in [6.07, 6.45) is 56.6. The zero-order valence-electron chi connectivity index (χ0n) is 41.0. The molecular weight excluding hydrogens is 842 g/mol. The molecule has 3 unspecified atom stereocenters. The van der Waals surface area contributed by atoms with Gasteiger partial charge in [-0.15, -0.1) is 0 Å². The van der Waals surface area contributed by atoms with Gasteiger partial charge in [-0.3, -0.25) is 18.6 Å². The number of carboxylic acids is 1. The SMILES string of the molecule is CCCCC/C=C\C/C=C\C/C=C\C/C=C\CCCCCCCCCC(=O)NC(COP(=O)(O)OCC(O)COC(=O)CCCCCCCCC/C=C\CCCCCCCCC)C(=O)O. The first kappa shape index (κ1) is 62.2. The van der Waals surface area contributed by atoms with E-state index in [0.717, 1.165) is 89.9 Å². The van der Waals surface area contributed by atoms with Crippen molar-refractivity contribution in [2.24, 2.45) is 0 Å². The summed E-state index contributed by atoms with van der Waals surface area (Å²) in [5.41, 5.74) is 0. The van der Waals surface area contributed by atoms with E-state index >= 15 is 0 Å². The van der Waals surface area contributed by atoms with Crippen LogP contribution < -0.4 is 5.32 Å². The molecule has 0 radical (unpaired) electrons. The van der Waals surface area contributed by atoms with Gasteiger partial charge in [0, 0.05) is 12.8 Å². The van der Waals surface area contributed by atoms with Gasteiger partial charge < -0.3 is 25.2 Å². The van der Waals surface area contributed by atoms with E-state index in [2.05, 4.69) is 79.9 Å². The molecule has 0 saturated heterocycles. The number of amides is 1. The van der Waals surface area contributed by atoms with Crippen LogP contribution in [-0.4, -0.2) is 64.9 Å². The van der Waals surface area contributed by atoms with Crippen molar-refractivity contribution >= 4 is 25.7 Å². The number of nitrogens with one attached hydrogen (secondary N) is 1. The lowest BCUT2D eigenvalue weighted by Crippen LogP contribution is -2.43. The number of carboxylic acid groups (broad SMARTS) is 1. The third-order valence-corrected chi connectivity index (χ3v) is 12.0. The van der Waals surface area contributed by atoms with Crippen LogP contribution in [0.3, 0.4) is 0 Å². The molecule has 0 saturated carbocycles. The van der Waals surface area contributed by atoms with Crippen LogP contribution in [-0.2, 0) is 32.7 Å². The summed E-state index contributed by atoms with van der Waals surface area (Å²) in [6, 6.07) is -1.56. The first-order chi connectivity index (χ1) is 31.6. The van der Waals surface area contributed by atoms with Crippen molar-refractivity contribution in [1.29, 1.82) is 0 Å². The predicted molar refractivity (Wildman–Crippen MR) is 268 cm³/mol. The van der Waals surface area contributed by atoms with Gasteiger partial charge in [-0.05, 0) is 83.5 Å². The van der Waals surface area contributed by atoms with Crippen LogP contribution in [0.15, 0.2) is 60.8 Å². The average Bonchev–Trinajstić information content (AvgIpc) is 3.28. The Hall–Kier alpha value is -2.82. The van der Waals surface area contributed by atoms with Crippen molar-refractivity contribution in [3.05, 3.63) is 60.8 Å². The minimum absolute atomic E-state index is 0.131. The third kappa shape index (κ3) is 47.5. The molecule has 376 valence electrons. The van der Waals surface area contributed by atoms with E-state index in [9.17, 15) is 34.1 Å². The number of rotatable bonds is 48. The van der Waals surface area contributed by atoms with Gasteiger partial charge in [0.2, 0.25) is 5.91 Å². The van der Waals surface area contributed by atoms with Crippen LogP contribution in [0.1, 0.15) is 226 Å². The number of carbonyl (C=O) groups excluding carboxylic acids is 2. The Balaban J connectivity index is 3.87. The standard InChI is InChI=1S/C53H94NO10P/c1-3-5-7-9-11-13-15-17-19-21-23-24-25-26-27-28-30-32-34-36-38-40-42-44-51(56)54-50(53(58)59)48-64-65(60,61)63-47-49(55)46-62-52(57)45-43-41-39-37-35-33-31-29-22-20-18-16-14-12-10-8-6-4-2/h11,13,17,19-20,22-24,26-27,49-50,55H,3-10,12,14-16,18,21,25,28-48H2,1-2H3,(H,54,56)(H,58,59)(H,60,61)/b13-11-,19-17-,22-20-,24-23-,27-26-. The van der Waals surface area contributed by atoms with Crippen LogP contribution in [0, 0.1) is 0 Å². The fourth-order valence-corrected chi connectivity index (χ4v) is 7.77. The Bertz CT molecular complexity index is 1330. The Morgan fingerprint density at radius 3 is 1.31 bits per heavy atom. The number of aliphatic hydroxyl groups excluding tert-OH is 1. The largest absolute Gasteiger partial charge is 0.480 e. The van der Waals surface area contributed by atoms with Gasteiger partial charge in [-0.1, -0.05) is 190 Å². The maximum absolute atomic E-state index is 12.4. The number of allylic oxidation sites excluding steroid dienone is 10. The van der Waals surface area contributed by atoms with E-state index in [1.54, 1.807) is 0 Å². The van der Waals surface area contributed by atoms with Gasteiger partial charge in [0.25, 0.3) is 0 Å². The van der Waals surface area contributed by atoms with E-state index in [-0.39, 0.29) is 12.8 Å². The van der Waals surface area contributed by atoms with Gasteiger partial charge in [-0.2, -0.15) is 0 Å². The topological polar surface area (TPSA) is 169 Å². The number of hydrogen-bond donors (Lipinski definition) is 4. The number of aliphatic carboxylic acids is 1. The Kier molecular flexibility index (Phi) is 45.6. The van der Waals surface area contributed by atoms with E-state index in [0.29, 0.717) is 12.8 Å². The summed E-state index contributed by atoms with van der Waals surface area (Å²) in [4.78, 5) is 46.1. The lowest BCUT2D eigenvalue weighted by molar-refractivity contribution is -0.147. The number of phosphoric acid groups is 1. The zero-order valence-corrected chi connectivity index (χ0v) is 41.9. The van der Waals surface area contributed by atoms with Gasteiger partial charge in [0.1, 0.15) is 12.7 Å². The molecule has 0 aliphatic rings. The molecule has 0 aromatic carbocycles. The van der Waals surface area contributed by atoms with Crippen LogP contribution in [0.2, 0.25) is 0 Å². The second-order valence-corrected chi connectivity index (χ2v) is 18.8. The highest BCUT2D eigenvalue weighted by Gasteiger charge is 2.28. The lowest BCUT2D eigenvalue weighted by Gasteiger charge is -2.18. The van der Waals surface area contributed by atoms with Gasteiger partial charge >= 0.3 is 19.8 Å². The van der Waals surface area contributed by atoms with Crippen molar-refractivity contribution < 1.29 is 47.8 Å².